The third-order valence-corrected chi connectivity index (χ3v) is 8.40. The van der Waals surface area contributed by atoms with Crippen LogP contribution < -0.4 is 10.1 Å². The molecule has 0 amide bonds. The molecule has 0 bridgehead atoms. The predicted octanol–water partition coefficient (Wildman–Crippen LogP) is 5.15. The number of hydrogen-bond donors (Lipinski definition) is 1. The minimum absolute atomic E-state index is 0.0653. The van der Waals surface area contributed by atoms with Crippen LogP contribution in [-0.4, -0.2) is 40.2 Å². The average molecular weight is 640 g/mol. The summed E-state index contributed by atoms with van der Waals surface area (Å²) in [5, 5.41) is 3.75. The number of fused-ring (bicyclic) bond motifs is 1. The Balaban J connectivity index is 1.43. The number of hydrogen-bond acceptors (Lipinski definition) is 8. The van der Waals surface area contributed by atoms with Gasteiger partial charge < -0.3 is 14.8 Å². The minimum atomic E-state index is -3.89. The lowest BCUT2D eigenvalue weighted by atomic mass is 10.2. The van der Waals surface area contributed by atoms with Gasteiger partial charge in [-0.15, -0.1) is 0 Å². The van der Waals surface area contributed by atoms with Crippen molar-refractivity contribution < 1.29 is 17.9 Å². The van der Waals surface area contributed by atoms with Crippen LogP contribution in [0.1, 0.15) is 30.4 Å². The standard InChI is InChI=1S/C24H23ClIN5O4S/c1-15-5-7-18(8-6-15)36(32,33)31-14-19(26)21-22(29-24(25)30-23(21)31)28-12-16-10-17(13-27-11-16)35-20-4-2-3-9-34-20/h5-8,10-11,13-14,20H,2-4,9,12H2,1H3,(H,28,29,30). The zero-order valence-electron chi connectivity index (χ0n) is 19.3. The molecule has 1 saturated heterocycles. The lowest BCUT2D eigenvalue weighted by Crippen LogP contribution is -2.25. The zero-order valence-corrected chi connectivity index (χ0v) is 23.0. The molecule has 0 spiro atoms. The van der Waals surface area contributed by atoms with Gasteiger partial charge in [0.2, 0.25) is 5.28 Å². The van der Waals surface area contributed by atoms with E-state index in [0.29, 0.717) is 33.7 Å². The van der Waals surface area contributed by atoms with Crippen molar-refractivity contribution in [2.24, 2.45) is 0 Å². The summed E-state index contributed by atoms with van der Waals surface area (Å²) in [5.41, 5.74) is 2.02. The maximum absolute atomic E-state index is 13.4. The Kier molecular flexibility index (Phi) is 7.33. The molecule has 1 aromatic carbocycles. The first-order chi connectivity index (χ1) is 17.3. The summed E-state index contributed by atoms with van der Waals surface area (Å²) in [7, 11) is -3.89. The second-order valence-corrected chi connectivity index (χ2v) is 11.7. The molecule has 188 valence electrons. The second kappa shape index (κ2) is 10.5. The van der Waals surface area contributed by atoms with E-state index in [1.54, 1.807) is 36.7 Å². The highest BCUT2D eigenvalue weighted by atomic mass is 127. The number of halogens is 2. The highest BCUT2D eigenvalue weighted by molar-refractivity contribution is 14.1. The van der Waals surface area contributed by atoms with E-state index in [0.717, 1.165) is 34.4 Å². The van der Waals surface area contributed by atoms with Crippen LogP contribution in [0.5, 0.6) is 5.75 Å². The maximum atomic E-state index is 13.4. The van der Waals surface area contributed by atoms with Crippen molar-refractivity contribution in [1.82, 2.24) is 18.9 Å². The number of pyridine rings is 1. The Morgan fingerprint density at radius 1 is 1.22 bits per heavy atom. The summed E-state index contributed by atoms with van der Waals surface area (Å²) in [6.07, 6.45) is 7.60. The fourth-order valence-corrected chi connectivity index (χ4v) is 6.37. The molecule has 1 fully saturated rings. The SMILES string of the molecule is Cc1ccc(S(=O)(=O)n2cc(I)c3c(NCc4cncc(OC5CCCCO5)c4)nc(Cl)nc32)cc1. The van der Waals surface area contributed by atoms with Crippen molar-refractivity contribution in [1.29, 1.82) is 0 Å². The Morgan fingerprint density at radius 3 is 2.78 bits per heavy atom. The third-order valence-electron chi connectivity index (χ3n) is 5.75. The van der Waals surface area contributed by atoms with Gasteiger partial charge >= 0.3 is 0 Å². The highest BCUT2D eigenvalue weighted by Crippen LogP contribution is 2.32. The first-order valence-corrected chi connectivity index (χ1v) is 14.2. The fraction of sp³-hybridized carbons (Fsp3) is 0.292. The van der Waals surface area contributed by atoms with Crippen molar-refractivity contribution in [3.05, 3.63) is 68.9 Å². The Labute approximate surface area is 227 Å². The normalized spacial score (nSPS) is 16.2. The van der Waals surface area contributed by atoms with Gasteiger partial charge in [0.15, 0.2) is 11.9 Å². The van der Waals surface area contributed by atoms with Crippen LogP contribution in [0.2, 0.25) is 5.28 Å². The molecular formula is C24H23ClIN5O4S. The van der Waals surface area contributed by atoms with E-state index in [-0.39, 0.29) is 22.1 Å². The monoisotopic (exact) mass is 639 g/mol. The Bertz CT molecular complexity index is 1510. The van der Waals surface area contributed by atoms with E-state index in [1.165, 1.54) is 6.20 Å². The van der Waals surface area contributed by atoms with Crippen LogP contribution in [0.4, 0.5) is 5.82 Å². The molecule has 0 saturated carbocycles. The summed E-state index contributed by atoms with van der Waals surface area (Å²) in [6, 6.07) is 8.54. The van der Waals surface area contributed by atoms with Gasteiger partial charge in [0, 0.05) is 28.9 Å². The van der Waals surface area contributed by atoms with E-state index in [9.17, 15) is 8.42 Å². The van der Waals surface area contributed by atoms with Crippen molar-refractivity contribution in [3.8, 4) is 5.75 Å². The summed E-state index contributed by atoms with van der Waals surface area (Å²) in [6.45, 7) is 2.96. The summed E-state index contributed by atoms with van der Waals surface area (Å²) in [5.74, 6) is 1.05. The summed E-state index contributed by atoms with van der Waals surface area (Å²) < 4.78 is 40.1. The number of nitrogens with zero attached hydrogens (tertiary/aromatic N) is 4. The topological polar surface area (TPSA) is 108 Å². The van der Waals surface area contributed by atoms with Gasteiger partial charge in [0.25, 0.3) is 10.0 Å². The number of anilines is 1. The lowest BCUT2D eigenvalue weighted by molar-refractivity contribution is -0.106. The third kappa shape index (κ3) is 5.29. The van der Waals surface area contributed by atoms with E-state index in [1.807, 2.05) is 13.0 Å². The molecule has 5 rings (SSSR count). The summed E-state index contributed by atoms with van der Waals surface area (Å²) >= 11 is 8.29. The smallest absolute Gasteiger partial charge is 0.269 e. The largest absolute Gasteiger partial charge is 0.463 e. The molecule has 1 atom stereocenters. The van der Waals surface area contributed by atoms with Crippen LogP contribution in [0, 0.1) is 10.5 Å². The number of benzene rings is 1. The number of rotatable bonds is 7. The fourth-order valence-electron chi connectivity index (χ4n) is 3.93. The van der Waals surface area contributed by atoms with Crippen LogP contribution in [0.3, 0.4) is 0 Å². The number of nitrogens with one attached hydrogen (secondary N) is 1. The molecule has 1 aliphatic rings. The second-order valence-electron chi connectivity index (χ2n) is 8.43. The van der Waals surface area contributed by atoms with E-state index >= 15 is 0 Å². The molecule has 36 heavy (non-hydrogen) atoms. The van der Waals surface area contributed by atoms with E-state index < -0.39 is 10.0 Å². The van der Waals surface area contributed by atoms with Gasteiger partial charge in [-0.3, -0.25) is 4.98 Å². The number of aromatic nitrogens is 4. The Hall–Kier alpha value is -2.48. The van der Waals surface area contributed by atoms with Crippen LogP contribution in [0.15, 0.2) is 53.8 Å². The number of ether oxygens (including phenoxy) is 2. The first-order valence-electron chi connectivity index (χ1n) is 11.3. The highest BCUT2D eigenvalue weighted by Gasteiger charge is 2.24. The molecule has 0 radical (unpaired) electrons. The maximum Gasteiger partial charge on any atom is 0.269 e. The van der Waals surface area contributed by atoms with Crippen molar-refractivity contribution >= 4 is 61.1 Å². The minimum Gasteiger partial charge on any atom is -0.463 e. The molecule has 3 aromatic heterocycles. The molecule has 4 aromatic rings. The lowest BCUT2D eigenvalue weighted by Gasteiger charge is -2.23. The van der Waals surface area contributed by atoms with Gasteiger partial charge in [-0.1, -0.05) is 17.7 Å². The zero-order chi connectivity index (χ0) is 25.3. The van der Waals surface area contributed by atoms with Gasteiger partial charge in [-0.05, 0) is 77.7 Å². The number of aryl methyl sites for hydroxylation is 1. The Morgan fingerprint density at radius 2 is 2.03 bits per heavy atom. The van der Waals surface area contributed by atoms with Gasteiger partial charge in [0.1, 0.15) is 11.6 Å². The predicted molar refractivity (Wildman–Crippen MR) is 145 cm³/mol. The van der Waals surface area contributed by atoms with Crippen LogP contribution >= 0.6 is 34.2 Å². The molecule has 0 aliphatic carbocycles. The van der Waals surface area contributed by atoms with E-state index in [2.05, 4.69) is 42.9 Å². The quantitative estimate of drug-likeness (QED) is 0.219. The van der Waals surface area contributed by atoms with Gasteiger partial charge in [-0.25, -0.2) is 17.4 Å². The molecule has 1 aliphatic heterocycles. The van der Waals surface area contributed by atoms with Crippen molar-refractivity contribution in [3.63, 3.8) is 0 Å². The van der Waals surface area contributed by atoms with Crippen LogP contribution in [0.25, 0.3) is 11.0 Å². The molecular weight excluding hydrogens is 617 g/mol. The van der Waals surface area contributed by atoms with Crippen molar-refractivity contribution in [2.75, 3.05) is 11.9 Å². The average Bonchev–Trinajstić information content (AvgIpc) is 3.20. The van der Waals surface area contributed by atoms with E-state index in [4.69, 9.17) is 21.1 Å². The molecule has 12 heteroatoms. The molecule has 1 N–H and O–H groups in total. The van der Waals surface area contributed by atoms with Gasteiger partial charge in [0.05, 0.1) is 23.1 Å². The molecule has 9 nitrogen and oxygen atoms in total. The molecule has 4 heterocycles. The first kappa shape index (κ1) is 25.2. The molecule has 1 unspecified atom stereocenters. The van der Waals surface area contributed by atoms with Crippen LogP contribution in [-0.2, 0) is 21.3 Å². The summed E-state index contributed by atoms with van der Waals surface area (Å²) in [4.78, 5) is 13.0. The van der Waals surface area contributed by atoms with Gasteiger partial charge in [-0.2, -0.15) is 4.98 Å². The van der Waals surface area contributed by atoms with Crippen molar-refractivity contribution in [2.45, 2.75) is 43.9 Å².